The van der Waals surface area contributed by atoms with E-state index >= 15 is 0 Å². The van der Waals surface area contributed by atoms with Crippen molar-refractivity contribution in [2.75, 3.05) is 0 Å². The van der Waals surface area contributed by atoms with Gasteiger partial charge in [-0.3, -0.25) is 0 Å². The van der Waals surface area contributed by atoms with Crippen molar-refractivity contribution in [2.24, 2.45) is 5.92 Å². The van der Waals surface area contributed by atoms with Crippen LogP contribution in [0.15, 0.2) is 24.3 Å². The monoisotopic (exact) mass is 243 g/mol. The second kappa shape index (κ2) is 5.05. The molecule has 1 heteroatoms. The Bertz CT molecular complexity index is 393. The number of benzene rings is 1. The summed E-state index contributed by atoms with van der Waals surface area (Å²) in [6.45, 7) is 4.52. The number of hydrogen-bond acceptors (Lipinski definition) is 1. The Labute approximate surface area is 111 Å². The van der Waals surface area contributed by atoms with E-state index in [1.54, 1.807) is 0 Å². The summed E-state index contributed by atoms with van der Waals surface area (Å²) in [5, 5.41) is 3.88. The lowest BCUT2D eigenvalue weighted by Crippen LogP contribution is -2.40. The summed E-state index contributed by atoms with van der Waals surface area (Å²) in [6, 6.07) is 10.7. The van der Waals surface area contributed by atoms with E-state index in [2.05, 4.69) is 43.4 Å². The molecule has 0 amide bonds. The van der Waals surface area contributed by atoms with Crippen LogP contribution in [-0.4, -0.2) is 6.04 Å². The molecule has 1 heterocycles. The first-order valence-electron chi connectivity index (χ1n) is 7.60. The minimum Gasteiger partial charge on any atom is -0.307 e. The van der Waals surface area contributed by atoms with Crippen LogP contribution in [0.5, 0.6) is 0 Å². The maximum absolute atomic E-state index is 3.88. The summed E-state index contributed by atoms with van der Waals surface area (Å²) < 4.78 is 0. The van der Waals surface area contributed by atoms with Crippen LogP contribution >= 0.6 is 0 Å². The lowest BCUT2D eigenvalue weighted by molar-refractivity contribution is 0.261. The maximum Gasteiger partial charge on any atom is 0.0322 e. The van der Waals surface area contributed by atoms with Gasteiger partial charge in [0.1, 0.15) is 0 Å². The van der Waals surface area contributed by atoms with E-state index in [0.717, 1.165) is 12.0 Å². The van der Waals surface area contributed by atoms with E-state index in [-0.39, 0.29) is 0 Å². The van der Waals surface area contributed by atoms with Crippen LogP contribution < -0.4 is 5.32 Å². The molecule has 0 bridgehead atoms. The average molecular weight is 243 g/mol. The number of fused-ring (bicyclic) bond motifs is 1. The fourth-order valence-corrected chi connectivity index (χ4v) is 3.70. The lowest BCUT2D eigenvalue weighted by Gasteiger charge is -2.34. The average Bonchev–Trinajstić information content (AvgIpc) is 2.86. The van der Waals surface area contributed by atoms with Crippen molar-refractivity contribution in [3.8, 4) is 0 Å². The molecule has 3 rings (SSSR count). The van der Waals surface area contributed by atoms with Gasteiger partial charge in [0, 0.05) is 12.1 Å². The largest absolute Gasteiger partial charge is 0.307 e. The van der Waals surface area contributed by atoms with Crippen LogP contribution in [-0.2, 0) is 0 Å². The van der Waals surface area contributed by atoms with Crippen LogP contribution in [0.1, 0.15) is 69.0 Å². The van der Waals surface area contributed by atoms with Gasteiger partial charge < -0.3 is 5.32 Å². The van der Waals surface area contributed by atoms with E-state index in [9.17, 15) is 0 Å². The Morgan fingerprint density at radius 3 is 2.50 bits per heavy atom. The Morgan fingerprint density at radius 1 is 1.00 bits per heavy atom. The summed E-state index contributed by atoms with van der Waals surface area (Å²) in [4.78, 5) is 0. The van der Waals surface area contributed by atoms with Crippen molar-refractivity contribution in [2.45, 2.75) is 64.0 Å². The standard InChI is InChI=1S/C17H25N/c1-12(2)13-6-8-15(9-7-13)17-11-10-14-4-3-5-16(14)18-17/h6-9,12,14,16-18H,3-5,10-11H2,1-2H3. The zero-order valence-corrected chi connectivity index (χ0v) is 11.7. The summed E-state index contributed by atoms with van der Waals surface area (Å²) in [6.07, 6.45) is 7.03. The van der Waals surface area contributed by atoms with Gasteiger partial charge in [0.05, 0.1) is 0 Å². The molecular formula is C17H25N. The summed E-state index contributed by atoms with van der Waals surface area (Å²) in [7, 11) is 0. The normalized spacial score (nSPS) is 31.6. The molecular weight excluding hydrogens is 218 g/mol. The van der Waals surface area contributed by atoms with Crippen LogP contribution in [0, 0.1) is 5.92 Å². The Kier molecular flexibility index (Phi) is 3.43. The smallest absolute Gasteiger partial charge is 0.0322 e. The third kappa shape index (κ3) is 2.33. The molecule has 1 saturated carbocycles. The molecule has 0 spiro atoms. The lowest BCUT2D eigenvalue weighted by atomic mass is 9.86. The number of rotatable bonds is 2. The first-order chi connectivity index (χ1) is 8.74. The first-order valence-corrected chi connectivity index (χ1v) is 7.60. The molecule has 1 aromatic rings. The number of piperidine rings is 1. The van der Waals surface area contributed by atoms with Gasteiger partial charge in [-0.15, -0.1) is 0 Å². The summed E-state index contributed by atoms with van der Waals surface area (Å²) in [5.41, 5.74) is 2.94. The summed E-state index contributed by atoms with van der Waals surface area (Å²) >= 11 is 0. The van der Waals surface area contributed by atoms with Crippen molar-refractivity contribution < 1.29 is 0 Å². The van der Waals surface area contributed by atoms with E-state index in [1.165, 1.54) is 43.2 Å². The highest BCUT2D eigenvalue weighted by molar-refractivity contribution is 5.27. The topological polar surface area (TPSA) is 12.0 Å². The molecule has 18 heavy (non-hydrogen) atoms. The van der Waals surface area contributed by atoms with Crippen LogP contribution in [0.25, 0.3) is 0 Å². The Hall–Kier alpha value is -0.820. The predicted octanol–water partition coefficient (Wildman–Crippen LogP) is 4.40. The number of nitrogens with one attached hydrogen (secondary N) is 1. The minimum absolute atomic E-state index is 0.602. The number of hydrogen-bond donors (Lipinski definition) is 1. The minimum atomic E-state index is 0.602. The molecule has 1 nitrogen and oxygen atoms in total. The molecule has 0 aromatic heterocycles. The molecule has 1 saturated heterocycles. The highest BCUT2D eigenvalue weighted by Gasteiger charge is 2.33. The third-order valence-electron chi connectivity index (χ3n) is 4.91. The molecule has 2 aliphatic rings. The quantitative estimate of drug-likeness (QED) is 0.811. The van der Waals surface area contributed by atoms with Gasteiger partial charge in [-0.1, -0.05) is 44.5 Å². The van der Waals surface area contributed by atoms with Gasteiger partial charge in [-0.25, -0.2) is 0 Å². The van der Waals surface area contributed by atoms with E-state index in [0.29, 0.717) is 12.0 Å². The summed E-state index contributed by atoms with van der Waals surface area (Å²) in [5.74, 6) is 1.61. The second-order valence-electron chi connectivity index (χ2n) is 6.42. The van der Waals surface area contributed by atoms with Gasteiger partial charge in [-0.05, 0) is 48.6 Å². The van der Waals surface area contributed by atoms with E-state index in [1.807, 2.05) is 0 Å². The molecule has 0 radical (unpaired) electrons. The van der Waals surface area contributed by atoms with Crippen molar-refractivity contribution in [3.63, 3.8) is 0 Å². The SMILES string of the molecule is CC(C)c1ccc(C2CCC3CCCC3N2)cc1. The molecule has 2 fully saturated rings. The molecule has 1 aromatic carbocycles. The fraction of sp³-hybridized carbons (Fsp3) is 0.647. The van der Waals surface area contributed by atoms with Crippen molar-refractivity contribution in [1.29, 1.82) is 0 Å². The Morgan fingerprint density at radius 2 is 1.78 bits per heavy atom. The van der Waals surface area contributed by atoms with E-state index < -0.39 is 0 Å². The van der Waals surface area contributed by atoms with Crippen molar-refractivity contribution in [3.05, 3.63) is 35.4 Å². The van der Waals surface area contributed by atoms with Gasteiger partial charge in [0.25, 0.3) is 0 Å². The second-order valence-corrected chi connectivity index (χ2v) is 6.42. The van der Waals surface area contributed by atoms with Crippen molar-refractivity contribution in [1.82, 2.24) is 5.32 Å². The van der Waals surface area contributed by atoms with Crippen LogP contribution in [0.3, 0.4) is 0 Å². The molecule has 1 N–H and O–H groups in total. The molecule has 3 atom stereocenters. The zero-order valence-electron chi connectivity index (χ0n) is 11.7. The maximum atomic E-state index is 3.88. The first kappa shape index (κ1) is 12.2. The predicted molar refractivity (Wildman–Crippen MR) is 76.8 cm³/mol. The van der Waals surface area contributed by atoms with Gasteiger partial charge in [0.2, 0.25) is 0 Å². The molecule has 1 aliphatic carbocycles. The van der Waals surface area contributed by atoms with Gasteiger partial charge in [-0.2, -0.15) is 0 Å². The molecule has 3 unspecified atom stereocenters. The van der Waals surface area contributed by atoms with Crippen molar-refractivity contribution >= 4 is 0 Å². The molecule has 98 valence electrons. The highest BCUT2D eigenvalue weighted by atomic mass is 15.0. The molecule has 1 aliphatic heterocycles. The van der Waals surface area contributed by atoms with E-state index in [4.69, 9.17) is 0 Å². The van der Waals surface area contributed by atoms with Gasteiger partial charge >= 0.3 is 0 Å². The third-order valence-corrected chi connectivity index (χ3v) is 4.91. The van der Waals surface area contributed by atoms with Crippen LogP contribution in [0.2, 0.25) is 0 Å². The zero-order chi connectivity index (χ0) is 12.5. The fourth-order valence-electron chi connectivity index (χ4n) is 3.70. The van der Waals surface area contributed by atoms with Crippen LogP contribution in [0.4, 0.5) is 0 Å². The highest BCUT2D eigenvalue weighted by Crippen LogP contribution is 2.38. The Balaban J connectivity index is 1.71. The van der Waals surface area contributed by atoms with Gasteiger partial charge in [0.15, 0.2) is 0 Å².